The first-order valence-corrected chi connectivity index (χ1v) is 8.94. The normalized spacial score (nSPS) is 18.5. The molecule has 134 valence electrons. The molecule has 0 bridgehead atoms. The predicted molar refractivity (Wildman–Crippen MR) is 84.4 cm³/mol. The number of hydrogen-bond donors (Lipinski definition) is 1. The number of alkyl halides is 3. The number of pyridine rings is 2. The summed E-state index contributed by atoms with van der Waals surface area (Å²) < 4.78 is 64.9. The lowest BCUT2D eigenvalue weighted by molar-refractivity contribution is -0.137. The van der Waals surface area contributed by atoms with Crippen molar-refractivity contribution in [1.82, 2.24) is 14.7 Å². The van der Waals surface area contributed by atoms with Crippen molar-refractivity contribution in [1.29, 1.82) is 0 Å². The summed E-state index contributed by atoms with van der Waals surface area (Å²) in [6, 6.07) is 4.88. The third-order valence-corrected chi connectivity index (χ3v) is 5.36. The van der Waals surface area contributed by atoms with Crippen LogP contribution in [0.1, 0.15) is 12.0 Å². The Morgan fingerprint density at radius 2 is 2.00 bits per heavy atom. The van der Waals surface area contributed by atoms with Crippen LogP contribution in [0.2, 0.25) is 0 Å². The van der Waals surface area contributed by atoms with E-state index in [9.17, 15) is 21.6 Å². The molecule has 2 aromatic rings. The molecule has 3 rings (SSSR count). The van der Waals surface area contributed by atoms with E-state index in [1.807, 2.05) is 0 Å². The molecule has 1 unspecified atom stereocenters. The van der Waals surface area contributed by atoms with Crippen molar-refractivity contribution in [2.24, 2.45) is 0 Å². The molecule has 0 amide bonds. The van der Waals surface area contributed by atoms with Gasteiger partial charge in [-0.2, -0.15) is 13.2 Å². The molecule has 0 radical (unpaired) electrons. The maximum atomic E-state index is 12.6. The zero-order chi connectivity index (χ0) is 18.1. The first-order chi connectivity index (χ1) is 11.8. The van der Waals surface area contributed by atoms with Crippen LogP contribution >= 0.6 is 0 Å². The van der Waals surface area contributed by atoms with Gasteiger partial charge >= 0.3 is 6.18 Å². The van der Waals surface area contributed by atoms with Crippen LogP contribution in [0, 0.1) is 0 Å². The molecule has 1 saturated heterocycles. The first-order valence-electron chi connectivity index (χ1n) is 7.46. The molecule has 1 N–H and O–H groups in total. The van der Waals surface area contributed by atoms with E-state index in [2.05, 4.69) is 14.7 Å². The van der Waals surface area contributed by atoms with Gasteiger partial charge < -0.3 is 4.90 Å². The van der Waals surface area contributed by atoms with Crippen LogP contribution in [0.3, 0.4) is 0 Å². The molecule has 0 aliphatic carbocycles. The Kier molecular flexibility index (Phi) is 4.65. The Hall–Kier alpha value is -2.20. The van der Waals surface area contributed by atoms with E-state index < -0.39 is 21.8 Å². The van der Waals surface area contributed by atoms with E-state index in [0.717, 1.165) is 12.3 Å². The summed E-state index contributed by atoms with van der Waals surface area (Å²) in [5.41, 5.74) is -0.815. The molecular formula is C15H15F3N4O2S. The minimum Gasteiger partial charge on any atom is -0.355 e. The van der Waals surface area contributed by atoms with Crippen molar-refractivity contribution in [3.05, 3.63) is 48.4 Å². The largest absolute Gasteiger partial charge is 0.417 e. The number of nitrogens with one attached hydrogen (secondary N) is 1. The smallest absolute Gasteiger partial charge is 0.355 e. The van der Waals surface area contributed by atoms with Gasteiger partial charge in [0.1, 0.15) is 10.7 Å². The fourth-order valence-electron chi connectivity index (χ4n) is 2.60. The van der Waals surface area contributed by atoms with E-state index >= 15 is 0 Å². The van der Waals surface area contributed by atoms with Crippen molar-refractivity contribution in [2.45, 2.75) is 23.5 Å². The highest BCUT2D eigenvalue weighted by Crippen LogP contribution is 2.30. The van der Waals surface area contributed by atoms with Crippen LogP contribution < -0.4 is 9.62 Å². The molecule has 3 heterocycles. The lowest BCUT2D eigenvalue weighted by atomic mass is 10.3. The molecule has 1 aliphatic rings. The van der Waals surface area contributed by atoms with E-state index in [4.69, 9.17) is 0 Å². The molecular weight excluding hydrogens is 357 g/mol. The standard InChI is InChI=1S/C15H15F3N4O2S/c16-15(17,18)11-3-4-14(20-8-11)22-7-5-12(10-22)21-25(23,24)13-2-1-6-19-9-13/h1-4,6,8-9,12,21H,5,7,10H2. The minimum atomic E-state index is -4.43. The first kappa shape index (κ1) is 17.6. The zero-order valence-electron chi connectivity index (χ0n) is 12.9. The van der Waals surface area contributed by atoms with Gasteiger partial charge in [-0.05, 0) is 30.7 Å². The topological polar surface area (TPSA) is 75.2 Å². The summed E-state index contributed by atoms with van der Waals surface area (Å²) >= 11 is 0. The average molecular weight is 372 g/mol. The molecule has 0 aromatic carbocycles. The van der Waals surface area contributed by atoms with Gasteiger partial charge in [-0.25, -0.2) is 18.1 Å². The molecule has 1 atom stereocenters. The Morgan fingerprint density at radius 1 is 1.20 bits per heavy atom. The third kappa shape index (κ3) is 4.07. The molecule has 1 aliphatic heterocycles. The fourth-order valence-corrected chi connectivity index (χ4v) is 3.82. The second-order valence-electron chi connectivity index (χ2n) is 5.64. The highest BCUT2D eigenvalue weighted by atomic mass is 32.2. The van der Waals surface area contributed by atoms with Gasteiger partial charge in [0.05, 0.1) is 5.56 Å². The Morgan fingerprint density at radius 3 is 2.60 bits per heavy atom. The lowest BCUT2D eigenvalue weighted by Crippen LogP contribution is -2.37. The summed E-state index contributed by atoms with van der Waals surface area (Å²) in [7, 11) is -3.68. The maximum Gasteiger partial charge on any atom is 0.417 e. The van der Waals surface area contributed by atoms with Gasteiger partial charge in [-0.15, -0.1) is 0 Å². The molecule has 2 aromatic heterocycles. The highest BCUT2D eigenvalue weighted by molar-refractivity contribution is 7.89. The number of anilines is 1. The number of hydrogen-bond acceptors (Lipinski definition) is 5. The van der Waals surface area contributed by atoms with Crippen molar-refractivity contribution < 1.29 is 21.6 Å². The molecule has 25 heavy (non-hydrogen) atoms. The van der Waals surface area contributed by atoms with Crippen LogP contribution in [-0.2, 0) is 16.2 Å². The monoisotopic (exact) mass is 372 g/mol. The number of nitrogens with zero attached hydrogens (tertiary/aromatic N) is 3. The molecule has 6 nitrogen and oxygen atoms in total. The van der Waals surface area contributed by atoms with Crippen LogP contribution in [-0.4, -0.2) is 37.5 Å². The zero-order valence-corrected chi connectivity index (χ0v) is 13.8. The second kappa shape index (κ2) is 6.60. The van der Waals surface area contributed by atoms with Crippen LogP contribution in [0.15, 0.2) is 47.8 Å². The van der Waals surface area contributed by atoms with Crippen LogP contribution in [0.5, 0.6) is 0 Å². The van der Waals surface area contributed by atoms with Gasteiger partial charge in [0.2, 0.25) is 10.0 Å². The van der Waals surface area contributed by atoms with Crippen molar-refractivity contribution in [2.75, 3.05) is 18.0 Å². The Balaban J connectivity index is 1.66. The summed E-state index contributed by atoms with van der Waals surface area (Å²) in [5.74, 6) is 0.385. The summed E-state index contributed by atoms with van der Waals surface area (Å²) in [5, 5.41) is 0. The molecule has 0 spiro atoms. The number of halogens is 3. The van der Waals surface area contributed by atoms with Crippen LogP contribution in [0.25, 0.3) is 0 Å². The predicted octanol–water partition coefficient (Wildman–Crippen LogP) is 2.05. The molecule has 10 heteroatoms. The van der Waals surface area contributed by atoms with E-state index in [1.54, 1.807) is 4.90 Å². The van der Waals surface area contributed by atoms with E-state index in [0.29, 0.717) is 25.3 Å². The van der Waals surface area contributed by atoms with Gasteiger partial charge in [-0.3, -0.25) is 4.98 Å². The summed E-state index contributed by atoms with van der Waals surface area (Å²) in [4.78, 5) is 9.44. The minimum absolute atomic E-state index is 0.0705. The summed E-state index contributed by atoms with van der Waals surface area (Å²) in [6.07, 6.45) is -0.387. The quantitative estimate of drug-likeness (QED) is 0.889. The number of sulfonamides is 1. The molecule has 1 fully saturated rings. The molecule has 0 saturated carbocycles. The van der Waals surface area contributed by atoms with Crippen molar-refractivity contribution in [3.8, 4) is 0 Å². The fraction of sp³-hybridized carbons (Fsp3) is 0.333. The Bertz CT molecular complexity index is 826. The van der Waals surface area contributed by atoms with E-state index in [1.165, 1.54) is 30.6 Å². The Labute approximate surface area is 142 Å². The lowest BCUT2D eigenvalue weighted by Gasteiger charge is -2.18. The van der Waals surface area contributed by atoms with Gasteiger partial charge in [0, 0.05) is 37.7 Å². The van der Waals surface area contributed by atoms with E-state index in [-0.39, 0.29) is 10.9 Å². The highest BCUT2D eigenvalue weighted by Gasteiger charge is 2.32. The average Bonchev–Trinajstić information content (AvgIpc) is 3.03. The number of rotatable bonds is 4. The second-order valence-corrected chi connectivity index (χ2v) is 7.36. The van der Waals surface area contributed by atoms with Gasteiger partial charge in [0.15, 0.2) is 0 Å². The van der Waals surface area contributed by atoms with Crippen LogP contribution in [0.4, 0.5) is 19.0 Å². The van der Waals surface area contributed by atoms with Gasteiger partial charge in [-0.1, -0.05) is 0 Å². The third-order valence-electron chi connectivity index (χ3n) is 3.85. The summed E-state index contributed by atoms with van der Waals surface area (Å²) in [6.45, 7) is 0.830. The van der Waals surface area contributed by atoms with Crippen molar-refractivity contribution in [3.63, 3.8) is 0 Å². The van der Waals surface area contributed by atoms with Gasteiger partial charge in [0.25, 0.3) is 0 Å². The number of aromatic nitrogens is 2. The van der Waals surface area contributed by atoms with Crippen molar-refractivity contribution >= 4 is 15.8 Å². The maximum absolute atomic E-state index is 12.6. The SMILES string of the molecule is O=S(=O)(NC1CCN(c2ccc(C(F)(F)F)cn2)C1)c1cccnc1.